The predicted molar refractivity (Wildman–Crippen MR) is 133 cm³/mol. The highest BCUT2D eigenvalue weighted by Crippen LogP contribution is 2.32. The third kappa shape index (κ3) is 6.21. The summed E-state index contributed by atoms with van der Waals surface area (Å²) in [7, 11) is 0. The third-order valence-corrected chi connectivity index (χ3v) is 6.62. The first kappa shape index (κ1) is 24.9. The highest BCUT2D eigenvalue weighted by molar-refractivity contribution is 5.99. The van der Waals surface area contributed by atoms with Crippen molar-refractivity contribution in [1.29, 1.82) is 0 Å². The van der Waals surface area contributed by atoms with E-state index in [9.17, 15) is 9.59 Å². The van der Waals surface area contributed by atoms with Gasteiger partial charge in [-0.25, -0.2) is 0 Å². The van der Waals surface area contributed by atoms with Crippen LogP contribution in [0, 0.1) is 0 Å². The van der Waals surface area contributed by atoms with Gasteiger partial charge in [0.1, 0.15) is 5.54 Å². The van der Waals surface area contributed by atoms with Gasteiger partial charge in [0.2, 0.25) is 5.91 Å². The molecule has 1 aromatic carbocycles. The van der Waals surface area contributed by atoms with Gasteiger partial charge >= 0.3 is 0 Å². The molecule has 0 radical (unpaired) electrons. The molecule has 0 atom stereocenters. The molecule has 5 nitrogen and oxygen atoms in total. The Morgan fingerprint density at radius 1 is 0.879 bits per heavy atom. The number of carbonyl (C=O) groups is 2. The van der Waals surface area contributed by atoms with Crippen LogP contribution in [0.1, 0.15) is 101 Å². The number of aromatic nitrogens is 1. The first-order valence-corrected chi connectivity index (χ1v) is 12.1. The van der Waals surface area contributed by atoms with E-state index in [0.29, 0.717) is 24.9 Å². The van der Waals surface area contributed by atoms with Gasteiger partial charge in [0.05, 0.1) is 0 Å². The van der Waals surface area contributed by atoms with Gasteiger partial charge in [0.25, 0.3) is 5.91 Å². The lowest BCUT2D eigenvalue weighted by Gasteiger charge is -2.37. The fourth-order valence-corrected chi connectivity index (χ4v) is 4.33. The van der Waals surface area contributed by atoms with Crippen molar-refractivity contribution in [2.75, 3.05) is 0 Å². The van der Waals surface area contributed by atoms with Crippen LogP contribution in [0.4, 0.5) is 0 Å². The summed E-state index contributed by atoms with van der Waals surface area (Å²) in [5.41, 5.74) is 2.83. The minimum atomic E-state index is -0.873. The molecule has 1 saturated carbocycles. The van der Waals surface area contributed by atoms with E-state index in [0.717, 1.165) is 36.0 Å². The van der Waals surface area contributed by atoms with E-state index in [1.54, 1.807) is 12.4 Å². The quantitative estimate of drug-likeness (QED) is 0.640. The van der Waals surface area contributed by atoms with Gasteiger partial charge in [-0.1, -0.05) is 66.9 Å². The minimum Gasteiger partial charge on any atom is -0.350 e. The van der Waals surface area contributed by atoms with E-state index in [-0.39, 0.29) is 22.6 Å². The third-order valence-electron chi connectivity index (χ3n) is 6.62. The first-order valence-electron chi connectivity index (χ1n) is 12.1. The molecule has 33 heavy (non-hydrogen) atoms. The second-order valence-corrected chi connectivity index (χ2v) is 11.4. The van der Waals surface area contributed by atoms with Crippen LogP contribution in [0.25, 0.3) is 0 Å². The monoisotopic (exact) mass is 449 g/mol. The zero-order chi connectivity index (χ0) is 24.3. The van der Waals surface area contributed by atoms with Crippen LogP contribution >= 0.6 is 0 Å². The van der Waals surface area contributed by atoms with Gasteiger partial charge in [-0.3, -0.25) is 14.6 Å². The zero-order valence-electron chi connectivity index (χ0n) is 21.0. The molecule has 178 valence electrons. The normalized spacial score (nSPS) is 16.2. The SMILES string of the molecule is CC(C)(C)c1cc(C(=O)NC2(C(=O)NCc3ccncc3)CCCCC2)cc(C(C)(C)C)c1. The molecular formula is C28H39N3O2. The molecule has 0 saturated heterocycles. The van der Waals surface area contributed by atoms with Crippen molar-refractivity contribution in [2.45, 2.75) is 96.6 Å². The Labute approximate surface area is 198 Å². The molecule has 1 fully saturated rings. The average molecular weight is 450 g/mol. The molecule has 1 aliphatic rings. The Morgan fingerprint density at radius 3 is 1.94 bits per heavy atom. The summed E-state index contributed by atoms with van der Waals surface area (Å²) in [5, 5.41) is 6.23. The Bertz CT molecular complexity index is 946. The van der Waals surface area contributed by atoms with E-state index in [1.807, 2.05) is 24.3 Å². The minimum absolute atomic E-state index is 0.0826. The molecule has 0 bridgehead atoms. The Hall–Kier alpha value is -2.69. The number of hydrogen-bond acceptors (Lipinski definition) is 3. The summed E-state index contributed by atoms with van der Waals surface area (Å²) >= 11 is 0. The summed E-state index contributed by atoms with van der Waals surface area (Å²) in [5.74, 6) is -0.275. The smallest absolute Gasteiger partial charge is 0.252 e. The van der Waals surface area contributed by atoms with E-state index < -0.39 is 5.54 Å². The summed E-state index contributed by atoms with van der Waals surface area (Å²) in [6, 6.07) is 9.94. The number of nitrogens with one attached hydrogen (secondary N) is 2. The molecule has 1 heterocycles. The second kappa shape index (κ2) is 9.66. The summed E-state index contributed by atoms with van der Waals surface area (Å²) in [6.07, 6.45) is 7.70. The van der Waals surface area contributed by atoms with E-state index in [1.165, 1.54) is 0 Å². The Balaban J connectivity index is 1.87. The summed E-state index contributed by atoms with van der Waals surface area (Å²) in [4.78, 5) is 31.0. The Kier molecular flexibility index (Phi) is 7.30. The molecule has 0 aliphatic heterocycles. The molecule has 2 amide bonds. The maximum Gasteiger partial charge on any atom is 0.252 e. The molecule has 1 aliphatic carbocycles. The molecule has 0 unspecified atom stereocenters. The molecule has 5 heteroatoms. The predicted octanol–water partition coefficient (Wildman–Crippen LogP) is 5.43. The Morgan fingerprint density at radius 2 is 1.42 bits per heavy atom. The highest BCUT2D eigenvalue weighted by Gasteiger charge is 2.41. The van der Waals surface area contributed by atoms with E-state index >= 15 is 0 Å². The van der Waals surface area contributed by atoms with Crippen LogP contribution in [0.5, 0.6) is 0 Å². The highest BCUT2D eigenvalue weighted by atomic mass is 16.2. The number of pyridine rings is 1. The molecule has 0 spiro atoms. The van der Waals surface area contributed by atoms with Gasteiger partial charge < -0.3 is 10.6 Å². The molecular weight excluding hydrogens is 410 g/mol. The van der Waals surface area contributed by atoms with Crippen molar-refractivity contribution in [3.63, 3.8) is 0 Å². The number of hydrogen-bond donors (Lipinski definition) is 2. The molecule has 1 aromatic heterocycles. The lowest BCUT2D eigenvalue weighted by molar-refractivity contribution is -0.128. The number of benzene rings is 1. The van der Waals surface area contributed by atoms with Crippen molar-refractivity contribution >= 4 is 11.8 Å². The van der Waals surface area contributed by atoms with Gasteiger partial charge in [0.15, 0.2) is 0 Å². The standard InChI is InChI=1S/C28H39N3O2/c1-26(2,3)22-16-21(17-23(18-22)27(4,5)6)24(32)31-28(12-8-7-9-13-28)25(33)30-19-20-10-14-29-15-11-20/h10-11,14-18H,7-9,12-13,19H2,1-6H3,(H,30,33)(H,31,32). The fraction of sp³-hybridized carbons (Fsp3) is 0.536. The number of rotatable bonds is 5. The fourth-order valence-electron chi connectivity index (χ4n) is 4.33. The maximum atomic E-state index is 13.6. The molecule has 2 aromatic rings. The van der Waals surface area contributed by atoms with Crippen LogP contribution < -0.4 is 10.6 Å². The van der Waals surface area contributed by atoms with Gasteiger partial charge in [0, 0.05) is 24.5 Å². The van der Waals surface area contributed by atoms with Crippen LogP contribution in [0.2, 0.25) is 0 Å². The second-order valence-electron chi connectivity index (χ2n) is 11.4. The number of amides is 2. The van der Waals surface area contributed by atoms with Gasteiger partial charge in [-0.2, -0.15) is 0 Å². The molecule has 3 rings (SSSR count). The number of carbonyl (C=O) groups excluding carboxylic acids is 2. The zero-order valence-corrected chi connectivity index (χ0v) is 21.0. The lowest BCUT2D eigenvalue weighted by Crippen LogP contribution is -2.59. The first-order chi connectivity index (χ1) is 15.4. The van der Waals surface area contributed by atoms with Crippen molar-refractivity contribution in [1.82, 2.24) is 15.6 Å². The van der Waals surface area contributed by atoms with E-state index in [2.05, 4.69) is 63.2 Å². The van der Waals surface area contributed by atoms with Crippen LogP contribution in [-0.2, 0) is 22.2 Å². The summed E-state index contributed by atoms with van der Waals surface area (Å²) in [6.45, 7) is 13.4. The summed E-state index contributed by atoms with van der Waals surface area (Å²) < 4.78 is 0. The van der Waals surface area contributed by atoms with Crippen molar-refractivity contribution in [2.24, 2.45) is 0 Å². The van der Waals surface area contributed by atoms with Crippen LogP contribution in [0.3, 0.4) is 0 Å². The van der Waals surface area contributed by atoms with Crippen LogP contribution in [0.15, 0.2) is 42.7 Å². The van der Waals surface area contributed by atoms with Crippen LogP contribution in [-0.4, -0.2) is 22.3 Å². The number of nitrogens with zero attached hydrogens (tertiary/aromatic N) is 1. The van der Waals surface area contributed by atoms with Gasteiger partial charge in [-0.05, 0) is 64.6 Å². The van der Waals surface area contributed by atoms with Crippen molar-refractivity contribution < 1.29 is 9.59 Å². The lowest BCUT2D eigenvalue weighted by atomic mass is 9.78. The average Bonchev–Trinajstić information content (AvgIpc) is 2.77. The topological polar surface area (TPSA) is 71.1 Å². The van der Waals surface area contributed by atoms with E-state index in [4.69, 9.17) is 0 Å². The van der Waals surface area contributed by atoms with Crippen molar-refractivity contribution in [3.05, 3.63) is 65.0 Å². The maximum absolute atomic E-state index is 13.6. The van der Waals surface area contributed by atoms with Gasteiger partial charge in [-0.15, -0.1) is 0 Å². The molecule has 2 N–H and O–H groups in total. The van der Waals surface area contributed by atoms with Crippen molar-refractivity contribution in [3.8, 4) is 0 Å². The largest absolute Gasteiger partial charge is 0.350 e.